The number of hydrogen-bond donors (Lipinski definition) is 1. The zero-order chi connectivity index (χ0) is 13.0. The Morgan fingerprint density at radius 3 is 2.50 bits per heavy atom. The van der Waals surface area contributed by atoms with Crippen molar-refractivity contribution in [2.24, 2.45) is 0 Å². The number of aryl methyl sites for hydroxylation is 1. The molecule has 0 aliphatic heterocycles. The van der Waals surface area contributed by atoms with Crippen LogP contribution in [0.5, 0.6) is 0 Å². The van der Waals surface area contributed by atoms with Gasteiger partial charge in [-0.15, -0.1) is 0 Å². The molecule has 3 heteroatoms. The van der Waals surface area contributed by atoms with Gasteiger partial charge in [0, 0.05) is 12.1 Å². The van der Waals surface area contributed by atoms with Crippen molar-refractivity contribution in [3.05, 3.63) is 23.7 Å². The minimum absolute atomic E-state index is 0.347. The van der Waals surface area contributed by atoms with E-state index in [1.165, 1.54) is 32.1 Å². The lowest BCUT2D eigenvalue weighted by atomic mass is 9.80. The molecular weight excluding hydrogens is 224 g/mol. The number of likely N-dealkylation sites (N-methyl/N-ethyl adjacent to an activating group) is 1. The van der Waals surface area contributed by atoms with E-state index in [-0.39, 0.29) is 0 Å². The SMILES string of the molecule is Cc1ccc(CNCC2(N(C)C)CCCCC2)o1. The number of hydrogen-bond acceptors (Lipinski definition) is 3. The minimum Gasteiger partial charge on any atom is -0.465 e. The fourth-order valence-electron chi connectivity index (χ4n) is 2.99. The number of furan rings is 1. The van der Waals surface area contributed by atoms with Crippen molar-refractivity contribution < 1.29 is 4.42 Å². The van der Waals surface area contributed by atoms with Crippen molar-refractivity contribution in [1.82, 2.24) is 10.2 Å². The summed E-state index contributed by atoms with van der Waals surface area (Å²) in [6.45, 7) is 3.88. The Labute approximate surface area is 111 Å². The van der Waals surface area contributed by atoms with E-state index in [1.807, 2.05) is 13.0 Å². The smallest absolute Gasteiger partial charge is 0.117 e. The van der Waals surface area contributed by atoms with Crippen LogP contribution in [0.2, 0.25) is 0 Å². The molecule has 2 rings (SSSR count). The van der Waals surface area contributed by atoms with E-state index in [0.29, 0.717) is 5.54 Å². The van der Waals surface area contributed by atoms with Crippen molar-refractivity contribution in [3.63, 3.8) is 0 Å². The topological polar surface area (TPSA) is 28.4 Å². The quantitative estimate of drug-likeness (QED) is 0.871. The molecular formula is C15H26N2O. The van der Waals surface area contributed by atoms with Crippen LogP contribution in [-0.2, 0) is 6.54 Å². The van der Waals surface area contributed by atoms with E-state index >= 15 is 0 Å². The van der Waals surface area contributed by atoms with Gasteiger partial charge in [-0.25, -0.2) is 0 Å². The van der Waals surface area contributed by atoms with Gasteiger partial charge in [-0.05, 0) is 46.0 Å². The van der Waals surface area contributed by atoms with Gasteiger partial charge < -0.3 is 14.6 Å². The summed E-state index contributed by atoms with van der Waals surface area (Å²) in [6.07, 6.45) is 6.74. The maximum Gasteiger partial charge on any atom is 0.117 e. The highest BCUT2D eigenvalue weighted by Crippen LogP contribution is 2.31. The molecule has 1 aliphatic carbocycles. The first-order valence-corrected chi connectivity index (χ1v) is 7.06. The van der Waals surface area contributed by atoms with Gasteiger partial charge in [0.15, 0.2) is 0 Å². The summed E-state index contributed by atoms with van der Waals surface area (Å²) < 4.78 is 5.59. The zero-order valence-corrected chi connectivity index (χ0v) is 12.0. The van der Waals surface area contributed by atoms with Crippen LogP contribution < -0.4 is 5.32 Å². The van der Waals surface area contributed by atoms with Crippen molar-refractivity contribution in [3.8, 4) is 0 Å². The van der Waals surface area contributed by atoms with E-state index in [2.05, 4.69) is 30.4 Å². The first-order valence-electron chi connectivity index (χ1n) is 7.06. The van der Waals surface area contributed by atoms with Crippen LogP contribution in [0.15, 0.2) is 16.5 Å². The Hall–Kier alpha value is -0.800. The summed E-state index contributed by atoms with van der Waals surface area (Å²) in [4.78, 5) is 2.41. The Kier molecular flexibility index (Phi) is 4.46. The third-order valence-corrected chi connectivity index (χ3v) is 4.28. The maximum absolute atomic E-state index is 5.59. The van der Waals surface area contributed by atoms with Gasteiger partial charge in [0.05, 0.1) is 6.54 Å². The summed E-state index contributed by atoms with van der Waals surface area (Å²) in [7, 11) is 4.42. The zero-order valence-electron chi connectivity index (χ0n) is 12.0. The summed E-state index contributed by atoms with van der Waals surface area (Å²) >= 11 is 0. The van der Waals surface area contributed by atoms with Gasteiger partial charge in [0.25, 0.3) is 0 Å². The van der Waals surface area contributed by atoms with E-state index in [1.54, 1.807) is 0 Å². The average molecular weight is 250 g/mol. The molecule has 0 saturated heterocycles. The molecule has 3 nitrogen and oxygen atoms in total. The molecule has 1 aliphatic rings. The molecule has 1 heterocycles. The normalized spacial score (nSPS) is 19.3. The van der Waals surface area contributed by atoms with Crippen LogP contribution in [-0.4, -0.2) is 31.1 Å². The predicted octanol–water partition coefficient (Wildman–Crippen LogP) is 2.94. The van der Waals surface area contributed by atoms with E-state index < -0.39 is 0 Å². The lowest BCUT2D eigenvalue weighted by Gasteiger charge is -2.43. The highest BCUT2D eigenvalue weighted by Gasteiger charge is 2.33. The average Bonchev–Trinajstić information content (AvgIpc) is 2.76. The Balaban J connectivity index is 1.86. The molecule has 0 bridgehead atoms. The molecule has 0 spiro atoms. The van der Waals surface area contributed by atoms with Crippen LogP contribution >= 0.6 is 0 Å². The second-order valence-electron chi connectivity index (χ2n) is 5.80. The molecule has 0 unspecified atom stereocenters. The summed E-state index contributed by atoms with van der Waals surface area (Å²) in [5.74, 6) is 2.03. The van der Waals surface area contributed by atoms with Crippen molar-refractivity contribution in [2.45, 2.75) is 51.1 Å². The third kappa shape index (κ3) is 3.15. The first kappa shape index (κ1) is 13.6. The highest BCUT2D eigenvalue weighted by molar-refractivity contribution is 5.05. The molecule has 18 heavy (non-hydrogen) atoms. The lowest BCUT2D eigenvalue weighted by Crippen LogP contribution is -2.52. The van der Waals surface area contributed by atoms with Crippen molar-refractivity contribution in [1.29, 1.82) is 0 Å². The second kappa shape index (κ2) is 5.89. The summed E-state index contributed by atoms with van der Waals surface area (Å²) in [5, 5.41) is 3.57. The first-order chi connectivity index (χ1) is 8.62. The molecule has 0 amide bonds. The van der Waals surface area contributed by atoms with Crippen molar-refractivity contribution >= 4 is 0 Å². The fraction of sp³-hybridized carbons (Fsp3) is 0.733. The number of nitrogens with zero attached hydrogens (tertiary/aromatic N) is 1. The molecule has 0 aromatic carbocycles. The Morgan fingerprint density at radius 1 is 1.22 bits per heavy atom. The van der Waals surface area contributed by atoms with Gasteiger partial charge in [0.1, 0.15) is 11.5 Å². The molecule has 0 radical (unpaired) electrons. The molecule has 102 valence electrons. The molecule has 1 aromatic heterocycles. The maximum atomic E-state index is 5.59. The lowest BCUT2D eigenvalue weighted by molar-refractivity contribution is 0.0978. The molecule has 1 N–H and O–H groups in total. The van der Waals surface area contributed by atoms with Gasteiger partial charge in [-0.1, -0.05) is 19.3 Å². The highest BCUT2D eigenvalue weighted by atomic mass is 16.3. The predicted molar refractivity (Wildman–Crippen MR) is 74.7 cm³/mol. The minimum atomic E-state index is 0.347. The second-order valence-corrected chi connectivity index (χ2v) is 5.80. The van der Waals surface area contributed by atoms with Gasteiger partial charge in [0.2, 0.25) is 0 Å². The molecule has 1 aromatic rings. The van der Waals surface area contributed by atoms with Crippen LogP contribution in [0.3, 0.4) is 0 Å². The third-order valence-electron chi connectivity index (χ3n) is 4.28. The Bertz CT molecular complexity index is 364. The van der Waals surface area contributed by atoms with Gasteiger partial charge >= 0.3 is 0 Å². The summed E-state index contributed by atoms with van der Waals surface area (Å²) in [6, 6.07) is 4.09. The van der Waals surface area contributed by atoms with Gasteiger partial charge in [-0.3, -0.25) is 0 Å². The fourth-order valence-corrected chi connectivity index (χ4v) is 2.99. The Morgan fingerprint density at radius 2 is 1.94 bits per heavy atom. The molecule has 1 fully saturated rings. The van der Waals surface area contributed by atoms with E-state index in [4.69, 9.17) is 4.42 Å². The van der Waals surface area contributed by atoms with E-state index in [0.717, 1.165) is 24.6 Å². The number of nitrogens with one attached hydrogen (secondary N) is 1. The molecule has 0 atom stereocenters. The largest absolute Gasteiger partial charge is 0.465 e. The van der Waals surface area contributed by atoms with Crippen molar-refractivity contribution in [2.75, 3.05) is 20.6 Å². The standard InChI is InChI=1S/C15H26N2O/c1-13-7-8-14(18-13)11-16-12-15(17(2)3)9-5-4-6-10-15/h7-8,16H,4-6,9-12H2,1-3H3. The summed E-state index contributed by atoms with van der Waals surface area (Å²) in [5.41, 5.74) is 0.347. The van der Waals surface area contributed by atoms with Crippen LogP contribution in [0.4, 0.5) is 0 Å². The van der Waals surface area contributed by atoms with Crippen LogP contribution in [0, 0.1) is 6.92 Å². The monoisotopic (exact) mass is 250 g/mol. The van der Waals surface area contributed by atoms with Crippen LogP contribution in [0.25, 0.3) is 0 Å². The van der Waals surface area contributed by atoms with Gasteiger partial charge in [-0.2, -0.15) is 0 Å². The van der Waals surface area contributed by atoms with Crippen LogP contribution in [0.1, 0.15) is 43.6 Å². The molecule has 1 saturated carbocycles. The number of rotatable bonds is 5. The van der Waals surface area contributed by atoms with E-state index in [9.17, 15) is 0 Å².